The first-order valence-electron chi connectivity index (χ1n) is 15.0. The van der Waals surface area contributed by atoms with Crippen LogP contribution < -0.4 is 19.1 Å². The van der Waals surface area contributed by atoms with E-state index in [9.17, 15) is 18.0 Å². The maximum Gasteiger partial charge on any atom is 0.264 e. The minimum atomic E-state index is -4.31. The molecular weight excluding hydrogens is 682 g/mol. The van der Waals surface area contributed by atoms with E-state index in [-0.39, 0.29) is 35.2 Å². The summed E-state index contributed by atoms with van der Waals surface area (Å²) < 4.78 is 41.2. The highest BCUT2D eigenvalue weighted by atomic mass is 79.9. The first-order valence-corrected chi connectivity index (χ1v) is 17.3. The molecule has 0 spiro atoms. The molecule has 0 aliphatic rings. The molecule has 0 aliphatic heterocycles. The lowest BCUT2D eigenvalue weighted by molar-refractivity contribution is -0.140. The average Bonchev–Trinajstić information content (AvgIpc) is 3.05. The van der Waals surface area contributed by atoms with Gasteiger partial charge >= 0.3 is 0 Å². The highest BCUT2D eigenvalue weighted by molar-refractivity contribution is 9.10. The summed E-state index contributed by atoms with van der Waals surface area (Å²) in [4.78, 5) is 30.0. The Morgan fingerprint density at radius 3 is 1.98 bits per heavy atom. The number of rotatable bonds is 13. The summed E-state index contributed by atoms with van der Waals surface area (Å²) in [7, 11) is -1.43. The number of sulfonamides is 1. The van der Waals surface area contributed by atoms with Crippen molar-refractivity contribution in [3.05, 3.63) is 119 Å². The standard InChI is InChI=1S/C36H40BrN3O6S/c1-36(2,3)38-35(42)31(22-26-12-8-6-9-13-26)39(24-27-16-18-28(37)19-17-27)34(41)25-40(29-14-10-7-11-15-29)47(43,44)30-20-21-32(45-4)33(23-30)46-5/h6-21,23,31H,22,24-25H2,1-5H3,(H,38,42). The van der Waals surface area contributed by atoms with Gasteiger partial charge in [0.1, 0.15) is 12.6 Å². The molecule has 0 aromatic heterocycles. The molecule has 2 amide bonds. The molecule has 4 aromatic carbocycles. The molecule has 0 fully saturated rings. The minimum Gasteiger partial charge on any atom is -0.493 e. The van der Waals surface area contributed by atoms with E-state index in [1.54, 1.807) is 30.3 Å². The first kappa shape index (κ1) is 35.5. The zero-order valence-corrected chi connectivity index (χ0v) is 29.5. The molecule has 11 heteroatoms. The van der Waals surface area contributed by atoms with Gasteiger partial charge in [0, 0.05) is 29.0 Å². The number of nitrogens with zero attached hydrogens (tertiary/aromatic N) is 2. The van der Waals surface area contributed by atoms with Crippen molar-refractivity contribution in [2.45, 2.75) is 50.2 Å². The summed E-state index contributed by atoms with van der Waals surface area (Å²) in [5.41, 5.74) is 1.34. The predicted octanol–water partition coefficient (Wildman–Crippen LogP) is 6.22. The van der Waals surface area contributed by atoms with Gasteiger partial charge in [-0.3, -0.25) is 13.9 Å². The zero-order valence-electron chi connectivity index (χ0n) is 27.1. The van der Waals surface area contributed by atoms with Crippen LogP contribution in [0.2, 0.25) is 0 Å². The van der Waals surface area contributed by atoms with E-state index in [2.05, 4.69) is 21.2 Å². The lowest BCUT2D eigenvalue weighted by atomic mass is 10.0. The van der Waals surface area contributed by atoms with Crippen LogP contribution in [0, 0.1) is 0 Å². The number of para-hydroxylation sites is 1. The van der Waals surface area contributed by atoms with Crippen molar-refractivity contribution >= 4 is 43.5 Å². The predicted molar refractivity (Wildman–Crippen MR) is 187 cm³/mol. The van der Waals surface area contributed by atoms with E-state index in [1.165, 1.54) is 37.3 Å². The SMILES string of the molecule is COc1ccc(S(=O)(=O)N(CC(=O)N(Cc2ccc(Br)cc2)C(Cc2ccccc2)C(=O)NC(C)(C)C)c2ccccc2)cc1OC. The number of anilines is 1. The molecule has 0 radical (unpaired) electrons. The average molecular weight is 723 g/mol. The highest BCUT2D eigenvalue weighted by Gasteiger charge is 2.36. The number of ether oxygens (including phenoxy) is 2. The molecule has 4 rings (SSSR count). The minimum absolute atomic E-state index is 0.0697. The lowest BCUT2D eigenvalue weighted by Crippen LogP contribution is -2.56. The Morgan fingerprint density at radius 2 is 1.40 bits per heavy atom. The molecule has 1 N–H and O–H groups in total. The number of halogens is 1. The van der Waals surface area contributed by atoms with Crippen LogP contribution in [0.3, 0.4) is 0 Å². The third-order valence-corrected chi connectivity index (χ3v) is 9.60. The summed E-state index contributed by atoms with van der Waals surface area (Å²) in [6, 6.07) is 28.6. The van der Waals surface area contributed by atoms with Gasteiger partial charge in [0.05, 0.1) is 24.8 Å². The molecule has 0 bridgehead atoms. The van der Waals surface area contributed by atoms with Crippen LogP contribution in [-0.4, -0.2) is 57.5 Å². The molecule has 47 heavy (non-hydrogen) atoms. The lowest BCUT2D eigenvalue weighted by Gasteiger charge is -2.35. The van der Waals surface area contributed by atoms with Gasteiger partial charge in [-0.15, -0.1) is 0 Å². The van der Waals surface area contributed by atoms with Crippen LogP contribution in [0.15, 0.2) is 112 Å². The van der Waals surface area contributed by atoms with Gasteiger partial charge in [-0.05, 0) is 68.3 Å². The number of benzene rings is 4. The maximum atomic E-state index is 14.6. The van der Waals surface area contributed by atoms with Crippen LogP contribution in [0.1, 0.15) is 31.9 Å². The Morgan fingerprint density at radius 1 is 0.809 bits per heavy atom. The second-order valence-electron chi connectivity index (χ2n) is 12.0. The Balaban J connectivity index is 1.82. The molecule has 1 atom stereocenters. The smallest absolute Gasteiger partial charge is 0.264 e. The first-order chi connectivity index (χ1) is 22.3. The second kappa shape index (κ2) is 15.5. The van der Waals surface area contributed by atoms with Crippen LogP contribution in [-0.2, 0) is 32.6 Å². The van der Waals surface area contributed by atoms with Gasteiger partial charge in [-0.1, -0.05) is 76.6 Å². The second-order valence-corrected chi connectivity index (χ2v) is 14.7. The van der Waals surface area contributed by atoms with Gasteiger partial charge in [-0.2, -0.15) is 0 Å². The number of hydrogen-bond donors (Lipinski definition) is 1. The van der Waals surface area contributed by atoms with E-state index in [4.69, 9.17) is 9.47 Å². The topological polar surface area (TPSA) is 105 Å². The molecule has 0 saturated carbocycles. The van der Waals surface area contributed by atoms with Crippen molar-refractivity contribution in [1.82, 2.24) is 10.2 Å². The fourth-order valence-electron chi connectivity index (χ4n) is 5.02. The Bertz CT molecular complexity index is 1760. The number of carbonyl (C=O) groups is 2. The molecule has 9 nitrogen and oxygen atoms in total. The maximum absolute atomic E-state index is 14.6. The molecule has 4 aromatic rings. The van der Waals surface area contributed by atoms with E-state index in [1.807, 2.05) is 75.4 Å². The van der Waals surface area contributed by atoms with E-state index in [0.29, 0.717) is 5.75 Å². The van der Waals surface area contributed by atoms with Crippen LogP contribution in [0.5, 0.6) is 11.5 Å². The fraction of sp³-hybridized carbons (Fsp3) is 0.278. The largest absolute Gasteiger partial charge is 0.493 e. The molecule has 248 valence electrons. The van der Waals surface area contributed by atoms with Gasteiger partial charge in [0.25, 0.3) is 10.0 Å². The molecule has 0 saturated heterocycles. The number of methoxy groups -OCH3 is 2. The summed E-state index contributed by atoms with van der Waals surface area (Å²) in [6.45, 7) is 5.13. The zero-order chi connectivity index (χ0) is 34.2. The molecular formula is C36H40BrN3O6S. The van der Waals surface area contributed by atoms with Crippen molar-refractivity contribution in [3.8, 4) is 11.5 Å². The van der Waals surface area contributed by atoms with Crippen molar-refractivity contribution in [3.63, 3.8) is 0 Å². The normalized spacial score (nSPS) is 12.1. The third kappa shape index (κ3) is 9.36. The van der Waals surface area contributed by atoms with E-state index < -0.39 is 34.1 Å². The Labute approximate surface area is 285 Å². The quantitative estimate of drug-likeness (QED) is 0.176. The fourth-order valence-corrected chi connectivity index (χ4v) is 6.72. The summed E-state index contributed by atoms with van der Waals surface area (Å²) >= 11 is 3.46. The number of amides is 2. The third-order valence-electron chi connectivity index (χ3n) is 7.30. The van der Waals surface area contributed by atoms with Crippen LogP contribution in [0.25, 0.3) is 0 Å². The van der Waals surface area contributed by atoms with Crippen LogP contribution >= 0.6 is 15.9 Å². The number of nitrogens with one attached hydrogen (secondary N) is 1. The Kier molecular flexibility index (Phi) is 11.7. The summed E-state index contributed by atoms with van der Waals surface area (Å²) in [5, 5.41) is 3.04. The van der Waals surface area contributed by atoms with Gasteiger partial charge in [0.2, 0.25) is 11.8 Å². The summed E-state index contributed by atoms with van der Waals surface area (Å²) in [6.07, 6.45) is 0.221. The molecule has 0 heterocycles. The van der Waals surface area contributed by atoms with Crippen molar-refractivity contribution in [2.75, 3.05) is 25.1 Å². The number of hydrogen-bond acceptors (Lipinski definition) is 6. The van der Waals surface area contributed by atoms with E-state index in [0.717, 1.165) is 19.9 Å². The van der Waals surface area contributed by atoms with E-state index >= 15 is 0 Å². The highest BCUT2D eigenvalue weighted by Crippen LogP contribution is 2.32. The van der Waals surface area contributed by atoms with Crippen molar-refractivity contribution in [2.24, 2.45) is 0 Å². The van der Waals surface area contributed by atoms with Crippen molar-refractivity contribution in [1.29, 1.82) is 0 Å². The van der Waals surface area contributed by atoms with Gasteiger partial charge in [0.15, 0.2) is 11.5 Å². The summed E-state index contributed by atoms with van der Waals surface area (Å²) in [5.74, 6) is -0.304. The van der Waals surface area contributed by atoms with Crippen molar-refractivity contribution < 1.29 is 27.5 Å². The van der Waals surface area contributed by atoms with Gasteiger partial charge < -0.3 is 19.7 Å². The molecule has 0 aliphatic carbocycles. The monoisotopic (exact) mass is 721 g/mol. The van der Waals surface area contributed by atoms with Crippen LogP contribution in [0.4, 0.5) is 5.69 Å². The van der Waals surface area contributed by atoms with Gasteiger partial charge in [-0.25, -0.2) is 8.42 Å². The Hall–Kier alpha value is -4.35. The number of carbonyl (C=O) groups excluding carboxylic acids is 2. The molecule has 1 unspecified atom stereocenters.